The molecule has 90 valence electrons. The van der Waals surface area contributed by atoms with Crippen LogP contribution in [0.25, 0.3) is 0 Å². The molecule has 0 radical (unpaired) electrons. The van der Waals surface area contributed by atoms with Crippen molar-refractivity contribution in [3.05, 3.63) is 29.8 Å². The van der Waals surface area contributed by atoms with Crippen LogP contribution in [-0.4, -0.2) is 17.2 Å². The quantitative estimate of drug-likeness (QED) is 0.870. The van der Waals surface area contributed by atoms with E-state index in [1.54, 1.807) is 11.8 Å². The summed E-state index contributed by atoms with van der Waals surface area (Å²) < 4.78 is 0. The fraction of sp³-hybridized carbons (Fsp3) is 0.500. The third-order valence-electron chi connectivity index (χ3n) is 3.64. The fourth-order valence-corrected chi connectivity index (χ4v) is 3.90. The number of carbonyl (C=O) groups excluding carboxylic acids is 1. The topological polar surface area (TPSA) is 29.1 Å². The second-order valence-corrected chi connectivity index (χ2v) is 6.15. The summed E-state index contributed by atoms with van der Waals surface area (Å²) in [6.07, 6.45) is 5.75. The molecule has 0 spiro atoms. The highest BCUT2D eigenvalue weighted by molar-refractivity contribution is 8.01. The highest BCUT2D eigenvalue weighted by Gasteiger charge is 2.29. The third-order valence-corrected chi connectivity index (χ3v) is 4.96. The molecule has 1 aliphatic heterocycles. The highest BCUT2D eigenvalue weighted by atomic mass is 32.2. The maximum atomic E-state index is 12.1. The number of hydrogen-bond acceptors (Lipinski definition) is 2. The Hall–Kier alpha value is -0.960. The Labute approximate surface area is 106 Å². The van der Waals surface area contributed by atoms with Crippen LogP contribution in [0.5, 0.6) is 0 Å². The van der Waals surface area contributed by atoms with Gasteiger partial charge >= 0.3 is 0 Å². The minimum Gasteiger partial charge on any atom is -0.352 e. The molecule has 1 aliphatic carbocycles. The van der Waals surface area contributed by atoms with Gasteiger partial charge in [-0.05, 0) is 30.9 Å². The van der Waals surface area contributed by atoms with Crippen LogP contribution < -0.4 is 5.32 Å². The highest BCUT2D eigenvalue weighted by Crippen LogP contribution is 2.37. The van der Waals surface area contributed by atoms with Crippen molar-refractivity contribution >= 4 is 17.7 Å². The van der Waals surface area contributed by atoms with Crippen LogP contribution in [-0.2, 0) is 11.2 Å². The molecule has 0 aromatic heterocycles. The number of amides is 1. The van der Waals surface area contributed by atoms with Crippen LogP contribution in [0.4, 0.5) is 0 Å². The van der Waals surface area contributed by atoms with Gasteiger partial charge in [0.25, 0.3) is 0 Å². The van der Waals surface area contributed by atoms with E-state index >= 15 is 0 Å². The predicted octanol–water partition coefficient (Wildman–Crippen LogP) is 2.76. The van der Waals surface area contributed by atoms with Crippen LogP contribution in [0.1, 0.15) is 31.2 Å². The molecule has 1 heterocycles. The zero-order valence-electron chi connectivity index (χ0n) is 9.82. The molecule has 1 saturated carbocycles. The Bertz CT molecular complexity index is 401. The number of carbonyl (C=O) groups is 1. The van der Waals surface area contributed by atoms with Gasteiger partial charge in [-0.2, -0.15) is 0 Å². The van der Waals surface area contributed by atoms with E-state index in [2.05, 4.69) is 23.5 Å². The first kappa shape index (κ1) is 11.1. The van der Waals surface area contributed by atoms with Crippen LogP contribution in [0.3, 0.4) is 0 Å². The SMILES string of the molecule is O=C(NC1CCCC1)C1Cc2ccccc2S1. The zero-order valence-corrected chi connectivity index (χ0v) is 10.6. The van der Waals surface area contributed by atoms with Gasteiger partial charge in [-0.1, -0.05) is 31.0 Å². The number of thioether (sulfide) groups is 1. The van der Waals surface area contributed by atoms with Gasteiger partial charge in [0.1, 0.15) is 0 Å². The first-order valence-corrected chi connectivity index (χ1v) is 7.26. The normalized spacial score (nSPS) is 23.6. The van der Waals surface area contributed by atoms with Gasteiger partial charge < -0.3 is 5.32 Å². The lowest BCUT2D eigenvalue weighted by molar-refractivity contribution is -0.121. The van der Waals surface area contributed by atoms with Gasteiger partial charge in [0.05, 0.1) is 5.25 Å². The van der Waals surface area contributed by atoms with Crippen molar-refractivity contribution in [1.29, 1.82) is 0 Å². The fourth-order valence-electron chi connectivity index (χ4n) is 2.69. The minimum atomic E-state index is 0.0907. The molecule has 1 amide bonds. The van der Waals surface area contributed by atoms with E-state index in [0.717, 1.165) is 19.3 Å². The van der Waals surface area contributed by atoms with E-state index in [9.17, 15) is 4.79 Å². The van der Waals surface area contributed by atoms with E-state index in [0.29, 0.717) is 6.04 Å². The molecule has 2 aliphatic rings. The van der Waals surface area contributed by atoms with Crippen molar-refractivity contribution in [3.63, 3.8) is 0 Å². The summed E-state index contributed by atoms with van der Waals surface area (Å²) in [4.78, 5) is 13.4. The number of hydrogen-bond donors (Lipinski definition) is 1. The van der Waals surface area contributed by atoms with Crippen LogP contribution >= 0.6 is 11.8 Å². The maximum absolute atomic E-state index is 12.1. The monoisotopic (exact) mass is 247 g/mol. The lowest BCUT2D eigenvalue weighted by atomic mass is 10.1. The smallest absolute Gasteiger partial charge is 0.234 e. The van der Waals surface area contributed by atoms with E-state index in [1.165, 1.54) is 23.3 Å². The molecule has 1 aromatic rings. The molecule has 3 rings (SSSR count). The third kappa shape index (κ3) is 2.34. The summed E-state index contributed by atoms with van der Waals surface area (Å²) >= 11 is 1.72. The van der Waals surface area contributed by atoms with Crippen molar-refractivity contribution in [3.8, 4) is 0 Å². The largest absolute Gasteiger partial charge is 0.352 e. The molecular weight excluding hydrogens is 230 g/mol. The Kier molecular flexibility index (Phi) is 3.10. The minimum absolute atomic E-state index is 0.0907. The van der Waals surface area contributed by atoms with Crippen LogP contribution in [0.2, 0.25) is 0 Å². The first-order chi connectivity index (χ1) is 8.33. The summed E-state index contributed by atoms with van der Waals surface area (Å²) in [7, 11) is 0. The van der Waals surface area contributed by atoms with Crippen molar-refractivity contribution < 1.29 is 4.79 Å². The van der Waals surface area contributed by atoms with Crippen molar-refractivity contribution in [2.45, 2.75) is 48.3 Å². The molecule has 1 atom stereocenters. The van der Waals surface area contributed by atoms with Gasteiger partial charge in [-0.25, -0.2) is 0 Å². The second-order valence-electron chi connectivity index (χ2n) is 4.91. The van der Waals surface area contributed by atoms with Crippen LogP contribution in [0.15, 0.2) is 29.2 Å². The second kappa shape index (κ2) is 4.73. The van der Waals surface area contributed by atoms with Gasteiger partial charge in [-0.15, -0.1) is 11.8 Å². The summed E-state index contributed by atoms with van der Waals surface area (Å²) in [6, 6.07) is 8.78. The molecule has 1 N–H and O–H groups in total. The number of benzene rings is 1. The Morgan fingerprint density at radius 1 is 1.24 bits per heavy atom. The molecular formula is C14H17NOS. The molecule has 17 heavy (non-hydrogen) atoms. The van der Waals surface area contributed by atoms with E-state index in [1.807, 2.05) is 6.07 Å². The maximum Gasteiger partial charge on any atom is 0.234 e. The van der Waals surface area contributed by atoms with Gasteiger partial charge in [0, 0.05) is 10.9 Å². The Morgan fingerprint density at radius 2 is 2.00 bits per heavy atom. The summed E-state index contributed by atoms with van der Waals surface area (Å²) in [6.45, 7) is 0. The number of fused-ring (bicyclic) bond motifs is 1. The van der Waals surface area contributed by atoms with Crippen molar-refractivity contribution in [1.82, 2.24) is 5.32 Å². The van der Waals surface area contributed by atoms with Gasteiger partial charge in [0.2, 0.25) is 5.91 Å². The van der Waals surface area contributed by atoms with Gasteiger partial charge in [-0.3, -0.25) is 4.79 Å². The molecule has 2 nitrogen and oxygen atoms in total. The van der Waals surface area contributed by atoms with E-state index in [4.69, 9.17) is 0 Å². The zero-order chi connectivity index (χ0) is 11.7. The van der Waals surface area contributed by atoms with E-state index < -0.39 is 0 Å². The molecule has 0 bridgehead atoms. The van der Waals surface area contributed by atoms with Crippen LogP contribution in [0, 0.1) is 0 Å². The standard InChI is InChI=1S/C14H17NOS/c16-14(15-11-6-2-3-7-11)13-9-10-5-1-4-8-12(10)17-13/h1,4-5,8,11,13H,2-3,6-7,9H2,(H,15,16). The van der Waals surface area contributed by atoms with Crippen molar-refractivity contribution in [2.24, 2.45) is 0 Å². The first-order valence-electron chi connectivity index (χ1n) is 6.38. The Balaban J connectivity index is 1.62. The Morgan fingerprint density at radius 3 is 2.76 bits per heavy atom. The average molecular weight is 247 g/mol. The molecule has 1 unspecified atom stereocenters. The lowest BCUT2D eigenvalue weighted by Gasteiger charge is -2.15. The van der Waals surface area contributed by atoms with Crippen molar-refractivity contribution in [2.75, 3.05) is 0 Å². The summed E-state index contributed by atoms with van der Waals surface area (Å²) in [5.74, 6) is 0.234. The molecule has 3 heteroatoms. The van der Waals surface area contributed by atoms with Gasteiger partial charge in [0.15, 0.2) is 0 Å². The predicted molar refractivity (Wildman–Crippen MR) is 70.2 cm³/mol. The molecule has 1 fully saturated rings. The number of nitrogens with one attached hydrogen (secondary N) is 1. The average Bonchev–Trinajstić information content (AvgIpc) is 2.96. The molecule has 0 saturated heterocycles. The summed E-state index contributed by atoms with van der Waals surface area (Å²) in [5.41, 5.74) is 1.32. The van der Waals surface area contributed by atoms with E-state index in [-0.39, 0.29) is 11.2 Å². The number of rotatable bonds is 2. The summed E-state index contributed by atoms with van der Waals surface area (Å²) in [5, 5.41) is 3.29. The lowest BCUT2D eigenvalue weighted by Crippen LogP contribution is -2.38. The molecule has 1 aromatic carbocycles.